The van der Waals surface area contributed by atoms with Gasteiger partial charge in [0.1, 0.15) is 10.3 Å². The van der Waals surface area contributed by atoms with E-state index in [-0.39, 0.29) is 0 Å². The summed E-state index contributed by atoms with van der Waals surface area (Å²) >= 11 is 1.70. The first kappa shape index (κ1) is 21.0. The highest BCUT2D eigenvalue weighted by atomic mass is 32.1. The van der Waals surface area contributed by atoms with Crippen molar-refractivity contribution < 1.29 is 0 Å². The normalized spacial score (nSPS) is 12.1. The van der Waals surface area contributed by atoms with Crippen molar-refractivity contribution in [2.24, 2.45) is 0 Å². The molecule has 0 spiro atoms. The van der Waals surface area contributed by atoms with Crippen LogP contribution in [0, 0.1) is 0 Å². The number of para-hydroxylation sites is 3. The van der Waals surface area contributed by atoms with Crippen molar-refractivity contribution in [2.45, 2.75) is 0 Å². The second kappa shape index (κ2) is 7.76. The highest BCUT2D eigenvalue weighted by Crippen LogP contribution is 2.42. The summed E-state index contributed by atoms with van der Waals surface area (Å²) in [6.07, 6.45) is 3.54. The quantitative estimate of drug-likeness (QED) is 0.230. The van der Waals surface area contributed by atoms with Crippen LogP contribution in [0.4, 0.5) is 0 Å². The van der Waals surface area contributed by atoms with Crippen LogP contribution in [0.25, 0.3) is 75.4 Å². The second-order valence-electron chi connectivity index (χ2n) is 9.89. The topological polar surface area (TPSA) is 35.6 Å². The van der Waals surface area contributed by atoms with E-state index in [2.05, 4.69) is 128 Å². The van der Waals surface area contributed by atoms with Gasteiger partial charge in [0.15, 0.2) is 0 Å². The first-order valence-electron chi connectivity index (χ1n) is 13.0. The Bertz CT molecular complexity index is 2390. The lowest BCUT2D eigenvalue weighted by molar-refractivity contribution is 1.18. The van der Waals surface area contributed by atoms with E-state index in [9.17, 15) is 0 Å². The highest BCUT2D eigenvalue weighted by molar-refractivity contribution is 7.25. The maximum atomic E-state index is 4.59. The molecule has 9 aromatic rings. The molecule has 0 N–H and O–H groups in total. The molecule has 182 valence electrons. The van der Waals surface area contributed by atoms with Gasteiger partial charge in [-0.25, -0.2) is 4.98 Å². The lowest BCUT2D eigenvalue weighted by Crippen LogP contribution is -1.95. The molecule has 4 aromatic heterocycles. The van der Waals surface area contributed by atoms with Gasteiger partial charge in [-0.2, -0.15) is 0 Å². The van der Waals surface area contributed by atoms with Crippen LogP contribution in [-0.2, 0) is 0 Å². The molecule has 0 saturated carbocycles. The van der Waals surface area contributed by atoms with Crippen LogP contribution in [-0.4, -0.2) is 19.1 Å². The zero-order valence-electron chi connectivity index (χ0n) is 20.7. The standard InChI is InChI=1S/C34H20N4S/c1-2-8-21(9-3-1)38-27-12-6-4-10-23(27)24-16-17-29-31(33(24)38)25-11-5-7-13-28(25)37(29)22-14-15-26-30(20-22)39-34-32(26)35-18-19-36-34/h1-20H. The molecule has 0 bridgehead atoms. The molecule has 4 heterocycles. The zero-order valence-corrected chi connectivity index (χ0v) is 21.6. The predicted octanol–water partition coefficient (Wildman–Crippen LogP) is 9.04. The number of thiophene rings is 1. The molecule has 0 amide bonds. The van der Waals surface area contributed by atoms with Crippen molar-refractivity contribution in [3.05, 3.63) is 122 Å². The first-order valence-corrected chi connectivity index (χ1v) is 13.8. The summed E-state index contributed by atoms with van der Waals surface area (Å²) in [5.74, 6) is 0. The summed E-state index contributed by atoms with van der Waals surface area (Å²) in [5, 5.41) is 6.20. The SMILES string of the molecule is c1ccc(-n2c3ccccc3c3ccc4c(c5ccccc5n4-c4ccc5c(c4)sc4nccnc45)c32)cc1. The molecule has 0 atom stereocenters. The van der Waals surface area contributed by atoms with Crippen LogP contribution in [0.1, 0.15) is 0 Å². The number of hydrogen-bond donors (Lipinski definition) is 0. The summed E-state index contributed by atoms with van der Waals surface area (Å²) in [6.45, 7) is 0. The fraction of sp³-hybridized carbons (Fsp3) is 0. The van der Waals surface area contributed by atoms with Crippen LogP contribution in [0.3, 0.4) is 0 Å². The van der Waals surface area contributed by atoms with E-state index in [1.165, 1.54) is 54.0 Å². The fourth-order valence-electron chi connectivity index (χ4n) is 6.25. The van der Waals surface area contributed by atoms with Crippen LogP contribution in [0.2, 0.25) is 0 Å². The summed E-state index contributed by atoms with van der Waals surface area (Å²) < 4.78 is 6.03. The van der Waals surface area contributed by atoms with Gasteiger partial charge in [-0.15, -0.1) is 11.3 Å². The molecular weight excluding hydrogens is 496 g/mol. The van der Waals surface area contributed by atoms with Crippen molar-refractivity contribution in [3.8, 4) is 11.4 Å². The van der Waals surface area contributed by atoms with Gasteiger partial charge < -0.3 is 9.13 Å². The Hall–Kier alpha value is -5.00. The first-order chi connectivity index (χ1) is 19.4. The maximum Gasteiger partial charge on any atom is 0.143 e. The molecule has 0 aliphatic heterocycles. The largest absolute Gasteiger partial charge is 0.309 e. The lowest BCUT2D eigenvalue weighted by Gasteiger charge is -2.10. The number of aromatic nitrogens is 4. The van der Waals surface area contributed by atoms with Gasteiger partial charge in [0.2, 0.25) is 0 Å². The Labute approximate surface area is 227 Å². The maximum absolute atomic E-state index is 4.59. The fourth-order valence-corrected chi connectivity index (χ4v) is 7.29. The number of fused-ring (bicyclic) bond motifs is 10. The van der Waals surface area contributed by atoms with Crippen molar-refractivity contribution in [3.63, 3.8) is 0 Å². The van der Waals surface area contributed by atoms with E-state index >= 15 is 0 Å². The molecule has 0 radical (unpaired) electrons. The highest BCUT2D eigenvalue weighted by Gasteiger charge is 2.21. The van der Waals surface area contributed by atoms with Gasteiger partial charge in [0.05, 0.1) is 22.1 Å². The smallest absolute Gasteiger partial charge is 0.143 e. The average molecular weight is 517 g/mol. The summed E-state index contributed by atoms with van der Waals surface area (Å²) in [5.41, 5.74) is 8.13. The summed E-state index contributed by atoms with van der Waals surface area (Å²) in [7, 11) is 0. The average Bonchev–Trinajstić information content (AvgIpc) is 3.64. The number of benzene rings is 5. The Morgan fingerprint density at radius 3 is 2.10 bits per heavy atom. The molecule has 0 aliphatic rings. The van der Waals surface area contributed by atoms with E-state index in [1.54, 1.807) is 23.7 Å². The van der Waals surface area contributed by atoms with Crippen molar-refractivity contribution in [1.82, 2.24) is 19.1 Å². The Kier molecular flexibility index (Phi) is 4.18. The van der Waals surface area contributed by atoms with Gasteiger partial charge in [-0.1, -0.05) is 60.7 Å². The Morgan fingerprint density at radius 2 is 1.23 bits per heavy atom. The lowest BCUT2D eigenvalue weighted by atomic mass is 10.1. The number of hydrogen-bond acceptors (Lipinski definition) is 3. The molecule has 0 aliphatic carbocycles. The number of rotatable bonds is 2. The minimum atomic E-state index is 0.973. The number of nitrogens with zero attached hydrogens (tertiary/aromatic N) is 4. The van der Waals surface area contributed by atoms with E-state index in [1.807, 2.05) is 0 Å². The minimum Gasteiger partial charge on any atom is -0.309 e. The van der Waals surface area contributed by atoms with E-state index in [4.69, 9.17) is 0 Å². The van der Waals surface area contributed by atoms with E-state index in [0.29, 0.717) is 0 Å². The molecule has 0 unspecified atom stereocenters. The van der Waals surface area contributed by atoms with Crippen LogP contribution in [0.5, 0.6) is 0 Å². The third-order valence-electron chi connectivity index (χ3n) is 7.83. The van der Waals surface area contributed by atoms with Crippen LogP contribution in [0.15, 0.2) is 122 Å². The van der Waals surface area contributed by atoms with Crippen molar-refractivity contribution in [1.29, 1.82) is 0 Å². The van der Waals surface area contributed by atoms with Gasteiger partial charge in [-0.05, 0) is 48.5 Å². The van der Waals surface area contributed by atoms with Gasteiger partial charge >= 0.3 is 0 Å². The molecule has 39 heavy (non-hydrogen) atoms. The van der Waals surface area contributed by atoms with E-state index in [0.717, 1.165) is 21.4 Å². The van der Waals surface area contributed by atoms with Gasteiger partial charge in [0.25, 0.3) is 0 Å². The van der Waals surface area contributed by atoms with Crippen molar-refractivity contribution >= 4 is 75.4 Å². The Balaban J connectivity index is 1.45. The minimum absolute atomic E-state index is 0.973. The monoisotopic (exact) mass is 516 g/mol. The molecular formula is C34H20N4S. The second-order valence-corrected chi connectivity index (χ2v) is 10.9. The zero-order chi connectivity index (χ0) is 25.5. The molecule has 9 rings (SSSR count). The third-order valence-corrected chi connectivity index (χ3v) is 8.88. The molecule has 0 fully saturated rings. The van der Waals surface area contributed by atoms with Crippen molar-refractivity contribution in [2.75, 3.05) is 0 Å². The summed E-state index contributed by atoms with van der Waals surface area (Å²) in [4.78, 5) is 10.1. The molecule has 5 heteroatoms. The van der Waals surface area contributed by atoms with E-state index < -0.39 is 0 Å². The Morgan fingerprint density at radius 1 is 0.513 bits per heavy atom. The predicted molar refractivity (Wildman–Crippen MR) is 164 cm³/mol. The summed E-state index contributed by atoms with van der Waals surface area (Å²) in [6, 6.07) is 39.5. The molecule has 5 aromatic carbocycles. The third kappa shape index (κ3) is 2.82. The van der Waals surface area contributed by atoms with Gasteiger partial charge in [0, 0.05) is 55.4 Å². The van der Waals surface area contributed by atoms with Gasteiger partial charge in [-0.3, -0.25) is 4.98 Å². The van der Waals surface area contributed by atoms with Crippen LogP contribution < -0.4 is 0 Å². The molecule has 4 nitrogen and oxygen atoms in total. The molecule has 0 saturated heterocycles. The van der Waals surface area contributed by atoms with Crippen LogP contribution >= 0.6 is 11.3 Å².